The number of hydrogen-bond acceptors (Lipinski definition) is 8. The van der Waals surface area contributed by atoms with Gasteiger partial charge in [0.15, 0.2) is 0 Å². The van der Waals surface area contributed by atoms with Gasteiger partial charge in [-0.15, -0.1) is 0 Å². The van der Waals surface area contributed by atoms with Crippen molar-refractivity contribution in [1.82, 2.24) is 18.8 Å². The monoisotopic (exact) mass is 590 g/mol. The van der Waals surface area contributed by atoms with Crippen LogP contribution in [0.1, 0.15) is 31.4 Å². The van der Waals surface area contributed by atoms with Crippen LogP contribution in [0.5, 0.6) is 5.75 Å². The van der Waals surface area contributed by atoms with E-state index >= 15 is 0 Å². The first kappa shape index (κ1) is 29.8. The molecule has 2 aromatic carbocycles. The maximum absolute atomic E-state index is 13.5. The number of hydrogen-bond donors (Lipinski definition) is 3. The summed E-state index contributed by atoms with van der Waals surface area (Å²) in [4.78, 5) is 15.4. The lowest BCUT2D eigenvalue weighted by Crippen LogP contribution is -2.52. The molecule has 0 unspecified atom stereocenters. The van der Waals surface area contributed by atoms with Gasteiger partial charge < -0.3 is 20.5 Å². The lowest BCUT2D eigenvalue weighted by Gasteiger charge is -2.35. The topological polar surface area (TPSA) is 143 Å². The van der Waals surface area contributed by atoms with Crippen molar-refractivity contribution in [3.8, 4) is 11.4 Å². The van der Waals surface area contributed by atoms with E-state index in [1.165, 1.54) is 15.2 Å². The number of nitrogens with zero attached hydrogens (tertiary/aromatic N) is 4. The highest BCUT2D eigenvalue weighted by Gasteiger charge is 2.29. The Kier molecular flexibility index (Phi) is 9.06. The summed E-state index contributed by atoms with van der Waals surface area (Å²) in [6.45, 7) is 6.49. The Morgan fingerprint density at radius 2 is 1.88 bits per heavy atom. The largest absolute Gasteiger partial charge is 0.486 e. The lowest BCUT2D eigenvalue weighted by atomic mass is 10.1. The number of nitrogens with one attached hydrogen (secondary N) is 1. The third kappa shape index (κ3) is 7.32. The van der Waals surface area contributed by atoms with E-state index in [1.807, 2.05) is 24.0 Å². The minimum Gasteiger partial charge on any atom is -0.486 e. The lowest BCUT2D eigenvalue weighted by molar-refractivity contribution is 0.0551. The Morgan fingerprint density at radius 3 is 2.52 bits per heavy atom. The average molecular weight is 591 g/mol. The van der Waals surface area contributed by atoms with Gasteiger partial charge in [-0.05, 0) is 56.2 Å². The molecule has 0 spiro atoms. The van der Waals surface area contributed by atoms with Gasteiger partial charge in [0.1, 0.15) is 5.69 Å². The van der Waals surface area contributed by atoms with Gasteiger partial charge in [0.25, 0.3) is 10.2 Å². The highest BCUT2D eigenvalue weighted by molar-refractivity contribution is 7.87. The number of nitrogens with two attached hydrogens (primary N) is 1. The third-order valence-electron chi connectivity index (χ3n) is 6.65. The van der Waals surface area contributed by atoms with Crippen molar-refractivity contribution in [3.63, 3.8) is 0 Å². The first-order valence-electron chi connectivity index (χ1n) is 12.9. The summed E-state index contributed by atoms with van der Waals surface area (Å²) in [7, 11) is -3.74. The Bertz CT molecular complexity index is 1510. The molecule has 0 radical (unpaired) electrons. The fraction of sp³-hybridized carbons (Fsp3) is 0.407. The molecule has 1 aromatic heterocycles. The van der Waals surface area contributed by atoms with Gasteiger partial charge in [-0.1, -0.05) is 29.8 Å². The summed E-state index contributed by atoms with van der Waals surface area (Å²) in [5.74, 6) is 0.0746. The number of aliphatic hydroxyl groups is 1. The van der Waals surface area contributed by atoms with Crippen LogP contribution in [0.2, 0.25) is 5.02 Å². The minimum atomic E-state index is -3.74. The first-order valence-corrected chi connectivity index (χ1v) is 14.7. The third-order valence-corrected chi connectivity index (χ3v) is 8.44. The summed E-state index contributed by atoms with van der Waals surface area (Å²) in [5.41, 5.74) is 7.73. The van der Waals surface area contributed by atoms with E-state index in [4.69, 9.17) is 22.1 Å². The van der Waals surface area contributed by atoms with Gasteiger partial charge in [-0.2, -0.15) is 27.2 Å². The van der Waals surface area contributed by atoms with Crippen molar-refractivity contribution in [1.29, 1.82) is 0 Å². The number of nitrogen functional groups attached to an aromatic ring is 1. The summed E-state index contributed by atoms with van der Waals surface area (Å²) in [5, 5.41) is 14.9. The molecule has 0 bridgehead atoms. The summed E-state index contributed by atoms with van der Waals surface area (Å²) < 4.78 is 37.1. The van der Waals surface area contributed by atoms with Crippen LogP contribution in [0.25, 0.3) is 5.69 Å². The zero-order valence-electron chi connectivity index (χ0n) is 22.8. The molecule has 0 amide bonds. The quantitative estimate of drug-likeness (QED) is 0.306. The smallest absolute Gasteiger partial charge is 0.316 e. The first-order chi connectivity index (χ1) is 18.8. The van der Waals surface area contributed by atoms with Gasteiger partial charge in [0, 0.05) is 49.9 Å². The Balaban J connectivity index is 1.50. The van der Waals surface area contributed by atoms with Crippen LogP contribution in [0.3, 0.4) is 0 Å². The van der Waals surface area contributed by atoms with Crippen LogP contribution in [-0.4, -0.2) is 66.0 Å². The minimum absolute atomic E-state index is 0.0746. The number of aryl methyl sites for hydroxylation is 1. The fourth-order valence-electron chi connectivity index (χ4n) is 4.22. The predicted octanol–water partition coefficient (Wildman–Crippen LogP) is 2.47. The van der Waals surface area contributed by atoms with Crippen LogP contribution >= 0.6 is 11.6 Å². The molecule has 0 saturated carbocycles. The Morgan fingerprint density at radius 1 is 1.15 bits per heavy atom. The molecular formula is C27H35ClN6O5S. The molecule has 4 N–H and O–H groups in total. The van der Waals surface area contributed by atoms with Crippen LogP contribution < -0.4 is 25.7 Å². The molecular weight excluding hydrogens is 556 g/mol. The maximum atomic E-state index is 13.5. The number of rotatable bonds is 10. The van der Waals surface area contributed by atoms with E-state index in [9.17, 15) is 18.3 Å². The molecule has 1 aliphatic heterocycles. The molecule has 0 atom stereocenters. The van der Waals surface area contributed by atoms with E-state index in [0.29, 0.717) is 41.6 Å². The second-order valence-corrected chi connectivity index (χ2v) is 12.6. The Hall–Kier alpha value is -3.16. The SMILES string of the molecule is Cc1ccc(CNS(=O)(=O)N2CCN(c3cnn(-c4cccc(Cl)c4)c(=O)c3OCCC(C)(C)O)CC2)cc1N. The number of benzene rings is 2. The normalized spacial score (nSPS) is 14.9. The second kappa shape index (κ2) is 12.1. The number of piperazine rings is 1. The summed E-state index contributed by atoms with van der Waals surface area (Å²) in [6, 6.07) is 12.2. The van der Waals surface area contributed by atoms with Crippen LogP contribution in [0.4, 0.5) is 11.4 Å². The Labute approximate surface area is 239 Å². The molecule has 1 saturated heterocycles. The molecule has 1 aliphatic rings. The van der Waals surface area contributed by atoms with Crippen molar-refractivity contribution in [3.05, 3.63) is 75.2 Å². The number of anilines is 2. The van der Waals surface area contributed by atoms with Crippen molar-refractivity contribution >= 4 is 33.2 Å². The van der Waals surface area contributed by atoms with Crippen LogP contribution in [0.15, 0.2) is 53.5 Å². The summed E-state index contributed by atoms with van der Waals surface area (Å²) >= 11 is 6.12. The summed E-state index contributed by atoms with van der Waals surface area (Å²) in [6.07, 6.45) is 1.83. The molecule has 2 heterocycles. The van der Waals surface area contributed by atoms with Gasteiger partial charge in [0.2, 0.25) is 5.75 Å². The number of halogens is 1. The van der Waals surface area contributed by atoms with E-state index in [1.54, 1.807) is 44.2 Å². The van der Waals surface area contributed by atoms with E-state index in [0.717, 1.165) is 11.1 Å². The maximum Gasteiger partial charge on any atom is 0.316 e. The molecule has 40 heavy (non-hydrogen) atoms. The van der Waals surface area contributed by atoms with E-state index in [-0.39, 0.29) is 32.0 Å². The zero-order valence-corrected chi connectivity index (χ0v) is 24.4. The van der Waals surface area contributed by atoms with E-state index < -0.39 is 21.4 Å². The van der Waals surface area contributed by atoms with Crippen molar-refractivity contribution < 1.29 is 18.3 Å². The number of ether oxygens (including phenoxy) is 1. The van der Waals surface area contributed by atoms with Crippen LogP contribution in [0, 0.1) is 6.92 Å². The molecule has 3 aromatic rings. The standard InChI is InChI=1S/C27H35ClN6O5S/c1-19-7-8-20(15-23(19)29)17-31-40(37,38)33-12-10-32(11-13-33)24-18-30-34(22-6-4-5-21(28)16-22)26(35)25(24)39-14-9-27(2,3)36/h4-8,15-16,18,31,36H,9-14,17,29H2,1-3H3. The molecule has 216 valence electrons. The van der Waals surface area contributed by atoms with Crippen molar-refractivity contribution in [2.24, 2.45) is 0 Å². The van der Waals surface area contributed by atoms with Crippen LogP contribution in [-0.2, 0) is 16.8 Å². The second-order valence-electron chi connectivity index (χ2n) is 10.4. The predicted molar refractivity (Wildman–Crippen MR) is 156 cm³/mol. The fourth-order valence-corrected chi connectivity index (χ4v) is 5.58. The molecule has 0 aliphatic carbocycles. The van der Waals surface area contributed by atoms with Gasteiger partial charge in [0.05, 0.1) is 24.1 Å². The van der Waals surface area contributed by atoms with Gasteiger partial charge in [-0.3, -0.25) is 4.79 Å². The molecule has 11 nitrogen and oxygen atoms in total. The van der Waals surface area contributed by atoms with E-state index in [2.05, 4.69) is 9.82 Å². The number of aromatic nitrogens is 2. The van der Waals surface area contributed by atoms with Gasteiger partial charge in [-0.25, -0.2) is 0 Å². The zero-order chi connectivity index (χ0) is 29.1. The van der Waals surface area contributed by atoms with Crippen molar-refractivity contribution in [2.75, 3.05) is 43.4 Å². The molecule has 13 heteroatoms. The molecule has 1 fully saturated rings. The molecule has 4 rings (SSSR count). The van der Waals surface area contributed by atoms with Crippen molar-refractivity contribution in [2.45, 2.75) is 39.3 Å². The highest BCUT2D eigenvalue weighted by atomic mass is 35.5. The highest BCUT2D eigenvalue weighted by Crippen LogP contribution is 2.27. The average Bonchev–Trinajstić information content (AvgIpc) is 2.89. The van der Waals surface area contributed by atoms with Gasteiger partial charge >= 0.3 is 5.56 Å².